The Bertz CT molecular complexity index is 381. The molecule has 0 aromatic carbocycles. The molecule has 2 rings (SSSR count). The van der Waals surface area contributed by atoms with Gasteiger partial charge in [-0.1, -0.05) is 13.8 Å². The van der Waals surface area contributed by atoms with Gasteiger partial charge < -0.3 is 14.6 Å². The molecule has 1 atom stereocenters. The first-order valence-electron chi connectivity index (χ1n) is 7.53. The van der Waals surface area contributed by atoms with Crippen molar-refractivity contribution in [3.8, 4) is 0 Å². The summed E-state index contributed by atoms with van der Waals surface area (Å²) in [5, 5.41) is 3.46. The first kappa shape index (κ1) is 14.5. The van der Waals surface area contributed by atoms with E-state index in [2.05, 4.69) is 35.6 Å². The molecule has 1 aromatic rings. The number of aromatic nitrogens is 2. The topological polar surface area (TPSA) is 39.1 Å². The predicted molar refractivity (Wildman–Crippen MR) is 77.1 cm³/mol. The van der Waals surface area contributed by atoms with Crippen molar-refractivity contribution in [3.63, 3.8) is 0 Å². The molecular formula is C15H27N3O. The fourth-order valence-electron chi connectivity index (χ4n) is 2.62. The lowest BCUT2D eigenvalue weighted by Crippen LogP contribution is -2.23. The highest BCUT2D eigenvalue weighted by molar-refractivity contribution is 5.04. The number of nitrogens with zero attached hydrogens (tertiary/aromatic N) is 2. The van der Waals surface area contributed by atoms with Crippen molar-refractivity contribution < 1.29 is 4.74 Å². The maximum Gasteiger partial charge on any atom is 0.105 e. The van der Waals surface area contributed by atoms with Crippen LogP contribution < -0.4 is 5.32 Å². The summed E-state index contributed by atoms with van der Waals surface area (Å²) in [7, 11) is 0. The highest BCUT2D eigenvalue weighted by Gasteiger charge is 2.15. The molecule has 1 aromatic heterocycles. The summed E-state index contributed by atoms with van der Waals surface area (Å²) in [6, 6.07) is 0.510. The van der Waals surface area contributed by atoms with Gasteiger partial charge in [-0.3, -0.25) is 0 Å². The highest BCUT2D eigenvalue weighted by Crippen LogP contribution is 2.18. The maximum atomic E-state index is 5.67. The van der Waals surface area contributed by atoms with Crippen LogP contribution in [0, 0.1) is 6.92 Å². The third-order valence-corrected chi connectivity index (χ3v) is 3.76. The van der Waals surface area contributed by atoms with Crippen LogP contribution >= 0.6 is 0 Å². The van der Waals surface area contributed by atoms with E-state index in [0.29, 0.717) is 12.1 Å². The van der Waals surface area contributed by atoms with Crippen molar-refractivity contribution in [3.05, 3.63) is 17.7 Å². The third-order valence-electron chi connectivity index (χ3n) is 3.76. The average molecular weight is 265 g/mol. The van der Waals surface area contributed by atoms with Gasteiger partial charge in [-0.25, -0.2) is 4.98 Å². The van der Waals surface area contributed by atoms with Crippen LogP contribution in [0.2, 0.25) is 0 Å². The molecule has 4 heteroatoms. The Morgan fingerprint density at radius 2 is 2.37 bits per heavy atom. The summed E-state index contributed by atoms with van der Waals surface area (Å²) in [6.45, 7) is 9.35. The van der Waals surface area contributed by atoms with Gasteiger partial charge in [-0.15, -0.1) is 0 Å². The van der Waals surface area contributed by atoms with Crippen LogP contribution in [0.1, 0.15) is 51.0 Å². The van der Waals surface area contributed by atoms with Crippen LogP contribution in [-0.2, 0) is 17.8 Å². The van der Waals surface area contributed by atoms with E-state index in [1.54, 1.807) is 0 Å². The standard InChI is InChI=1S/C15H27N3O/c1-12(2)16-10-14-11-17-13(3)18(14)8-4-6-15-7-5-9-19-15/h11-12,15-16H,4-10H2,1-3H3. The zero-order chi connectivity index (χ0) is 13.7. The molecule has 0 radical (unpaired) electrons. The summed E-state index contributed by atoms with van der Waals surface area (Å²) in [5.74, 6) is 1.12. The smallest absolute Gasteiger partial charge is 0.105 e. The summed E-state index contributed by atoms with van der Waals surface area (Å²) in [4.78, 5) is 4.44. The number of imidazole rings is 1. The van der Waals surface area contributed by atoms with Crippen molar-refractivity contribution in [2.24, 2.45) is 0 Å². The van der Waals surface area contributed by atoms with E-state index in [1.807, 2.05) is 6.20 Å². The normalized spacial score (nSPS) is 19.5. The van der Waals surface area contributed by atoms with E-state index in [0.717, 1.165) is 25.5 Å². The number of rotatable bonds is 7. The number of nitrogens with one attached hydrogen (secondary N) is 1. The van der Waals surface area contributed by atoms with Gasteiger partial charge in [0, 0.05) is 31.9 Å². The Hall–Kier alpha value is -0.870. The van der Waals surface area contributed by atoms with Gasteiger partial charge in [0.05, 0.1) is 11.8 Å². The molecule has 1 aliphatic rings. The average Bonchev–Trinajstić information content (AvgIpc) is 2.99. The van der Waals surface area contributed by atoms with E-state index in [-0.39, 0.29) is 0 Å². The minimum absolute atomic E-state index is 0.501. The largest absolute Gasteiger partial charge is 0.378 e. The molecule has 1 fully saturated rings. The maximum absolute atomic E-state index is 5.67. The molecule has 0 amide bonds. The van der Waals surface area contributed by atoms with Crippen LogP contribution in [0.4, 0.5) is 0 Å². The minimum atomic E-state index is 0.501. The van der Waals surface area contributed by atoms with Crippen molar-refractivity contribution in [2.45, 2.75) is 71.7 Å². The van der Waals surface area contributed by atoms with E-state index in [4.69, 9.17) is 4.74 Å². The molecule has 1 N–H and O–H groups in total. The second kappa shape index (κ2) is 7.06. The van der Waals surface area contributed by atoms with Crippen LogP contribution in [-0.4, -0.2) is 28.3 Å². The lowest BCUT2D eigenvalue weighted by Gasteiger charge is -2.14. The molecule has 2 heterocycles. The second-order valence-corrected chi connectivity index (χ2v) is 5.76. The lowest BCUT2D eigenvalue weighted by atomic mass is 10.1. The van der Waals surface area contributed by atoms with Crippen LogP contribution in [0.3, 0.4) is 0 Å². The zero-order valence-corrected chi connectivity index (χ0v) is 12.5. The lowest BCUT2D eigenvalue weighted by molar-refractivity contribution is 0.101. The van der Waals surface area contributed by atoms with Crippen molar-refractivity contribution in [1.82, 2.24) is 14.9 Å². The SMILES string of the molecule is Cc1ncc(CNC(C)C)n1CCCC1CCCO1. The molecule has 1 aliphatic heterocycles. The highest BCUT2D eigenvalue weighted by atomic mass is 16.5. The van der Waals surface area contributed by atoms with Gasteiger partial charge in [-0.05, 0) is 32.6 Å². The van der Waals surface area contributed by atoms with Crippen molar-refractivity contribution in [1.29, 1.82) is 0 Å². The molecule has 0 bridgehead atoms. The fraction of sp³-hybridized carbons (Fsp3) is 0.800. The number of hydrogen-bond acceptors (Lipinski definition) is 3. The summed E-state index contributed by atoms with van der Waals surface area (Å²) in [6.07, 6.45) is 7.33. The predicted octanol–water partition coefficient (Wildman–Crippen LogP) is 2.65. The zero-order valence-electron chi connectivity index (χ0n) is 12.5. The molecule has 4 nitrogen and oxygen atoms in total. The Morgan fingerprint density at radius 1 is 1.53 bits per heavy atom. The molecular weight excluding hydrogens is 238 g/mol. The van der Waals surface area contributed by atoms with Crippen LogP contribution in [0.25, 0.3) is 0 Å². The fourth-order valence-corrected chi connectivity index (χ4v) is 2.62. The van der Waals surface area contributed by atoms with Gasteiger partial charge in [0.2, 0.25) is 0 Å². The van der Waals surface area contributed by atoms with Crippen LogP contribution in [0.5, 0.6) is 0 Å². The number of ether oxygens (including phenoxy) is 1. The van der Waals surface area contributed by atoms with Crippen LogP contribution in [0.15, 0.2) is 6.20 Å². The molecule has 0 spiro atoms. The molecule has 0 saturated carbocycles. The summed E-state index contributed by atoms with van der Waals surface area (Å²) in [5.41, 5.74) is 1.29. The van der Waals surface area contributed by atoms with E-state index >= 15 is 0 Å². The molecule has 19 heavy (non-hydrogen) atoms. The molecule has 1 unspecified atom stereocenters. The molecule has 0 aliphatic carbocycles. The minimum Gasteiger partial charge on any atom is -0.378 e. The van der Waals surface area contributed by atoms with Crippen molar-refractivity contribution in [2.75, 3.05) is 6.61 Å². The van der Waals surface area contributed by atoms with E-state index in [9.17, 15) is 0 Å². The monoisotopic (exact) mass is 265 g/mol. The second-order valence-electron chi connectivity index (χ2n) is 5.76. The molecule has 1 saturated heterocycles. The Labute approximate surface area is 116 Å². The van der Waals surface area contributed by atoms with Crippen molar-refractivity contribution >= 4 is 0 Å². The van der Waals surface area contributed by atoms with Gasteiger partial charge in [0.1, 0.15) is 5.82 Å². The third kappa shape index (κ3) is 4.32. The Kier molecular flexibility index (Phi) is 5.40. The Balaban J connectivity index is 1.82. The quantitative estimate of drug-likeness (QED) is 0.824. The first-order chi connectivity index (χ1) is 9.16. The van der Waals surface area contributed by atoms with Gasteiger partial charge in [0.15, 0.2) is 0 Å². The number of hydrogen-bond donors (Lipinski definition) is 1. The summed E-state index contributed by atoms with van der Waals surface area (Å²) >= 11 is 0. The molecule has 108 valence electrons. The summed E-state index contributed by atoms with van der Waals surface area (Å²) < 4.78 is 8.01. The van der Waals surface area contributed by atoms with E-state index in [1.165, 1.54) is 31.4 Å². The van der Waals surface area contributed by atoms with E-state index < -0.39 is 0 Å². The van der Waals surface area contributed by atoms with Gasteiger partial charge in [-0.2, -0.15) is 0 Å². The number of aryl methyl sites for hydroxylation is 1. The van der Waals surface area contributed by atoms with Gasteiger partial charge in [0.25, 0.3) is 0 Å². The first-order valence-corrected chi connectivity index (χ1v) is 7.53. The Morgan fingerprint density at radius 3 is 3.05 bits per heavy atom. The van der Waals surface area contributed by atoms with Gasteiger partial charge >= 0.3 is 0 Å².